The fourth-order valence-corrected chi connectivity index (χ4v) is 1.73. The number of aliphatic carboxylic acids is 1. The standard InChI is InChI=1S/C13H17NO5/c1-8(15)14-10(7-13(16)17)9-4-5-11(18-2)12(6-9)19-3/h4-6,10H,7H2,1-3H3,(H,14,15)(H,16,17)/p-1/t10-/m0/s1. The second-order valence-corrected chi connectivity index (χ2v) is 3.94. The summed E-state index contributed by atoms with van der Waals surface area (Å²) >= 11 is 0. The van der Waals surface area contributed by atoms with E-state index in [0.29, 0.717) is 17.1 Å². The predicted octanol–water partition coefficient (Wildman–Crippen LogP) is 0.0210. The van der Waals surface area contributed by atoms with Crippen LogP contribution in [0.15, 0.2) is 18.2 Å². The van der Waals surface area contributed by atoms with Gasteiger partial charge in [0.25, 0.3) is 0 Å². The predicted molar refractivity (Wildman–Crippen MR) is 65.7 cm³/mol. The highest BCUT2D eigenvalue weighted by molar-refractivity contribution is 5.75. The normalized spacial score (nSPS) is 11.5. The molecule has 1 aromatic rings. The number of carbonyl (C=O) groups excluding carboxylic acids is 2. The molecule has 0 bridgehead atoms. The molecule has 0 radical (unpaired) electrons. The molecule has 1 atom stereocenters. The number of carboxylic acids is 1. The van der Waals surface area contributed by atoms with Gasteiger partial charge in [0.05, 0.1) is 20.3 Å². The van der Waals surface area contributed by atoms with Crippen molar-refractivity contribution in [3.8, 4) is 11.5 Å². The van der Waals surface area contributed by atoms with Crippen LogP contribution in [0, 0.1) is 0 Å². The quantitative estimate of drug-likeness (QED) is 0.784. The average molecular weight is 266 g/mol. The fourth-order valence-electron chi connectivity index (χ4n) is 1.73. The van der Waals surface area contributed by atoms with Gasteiger partial charge in [0.1, 0.15) is 0 Å². The Morgan fingerprint density at radius 2 is 1.89 bits per heavy atom. The third-order valence-corrected chi connectivity index (χ3v) is 2.56. The number of hydrogen-bond acceptors (Lipinski definition) is 5. The van der Waals surface area contributed by atoms with Crippen LogP contribution in [0.4, 0.5) is 0 Å². The summed E-state index contributed by atoms with van der Waals surface area (Å²) in [5, 5.41) is 13.3. The Balaban J connectivity index is 3.07. The SMILES string of the molecule is COc1ccc([C@H](CC(=O)[O-])NC(C)=O)cc1OC. The molecule has 0 aliphatic heterocycles. The molecule has 0 fully saturated rings. The number of nitrogens with one attached hydrogen (secondary N) is 1. The Labute approximate surface area is 111 Å². The Morgan fingerprint density at radius 3 is 2.37 bits per heavy atom. The lowest BCUT2D eigenvalue weighted by atomic mass is 10.0. The number of amides is 1. The zero-order valence-corrected chi connectivity index (χ0v) is 11.1. The Kier molecular flexibility index (Phi) is 5.17. The van der Waals surface area contributed by atoms with Gasteiger partial charge >= 0.3 is 0 Å². The van der Waals surface area contributed by atoms with E-state index in [4.69, 9.17) is 9.47 Å². The Hall–Kier alpha value is -2.24. The lowest BCUT2D eigenvalue weighted by Crippen LogP contribution is -2.33. The largest absolute Gasteiger partial charge is 0.550 e. The van der Waals surface area contributed by atoms with Gasteiger partial charge in [0.2, 0.25) is 5.91 Å². The maximum atomic E-state index is 11.1. The summed E-state index contributed by atoms with van der Waals surface area (Å²) in [7, 11) is 2.98. The van der Waals surface area contributed by atoms with Crippen LogP contribution >= 0.6 is 0 Å². The molecule has 1 N–H and O–H groups in total. The summed E-state index contributed by atoms with van der Waals surface area (Å²) in [4.78, 5) is 21.8. The first kappa shape index (κ1) is 14.8. The van der Waals surface area contributed by atoms with E-state index in [0.717, 1.165) is 0 Å². The monoisotopic (exact) mass is 266 g/mol. The molecule has 0 aliphatic rings. The Morgan fingerprint density at radius 1 is 1.26 bits per heavy atom. The first-order valence-corrected chi connectivity index (χ1v) is 5.66. The molecule has 0 saturated carbocycles. The highest BCUT2D eigenvalue weighted by Gasteiger charge is 2.15. The summed E-state index contributed by atoms with van der Waals surface area (Å²) in [6.45, 7) is 1.32. The fraction of sp³-hybridized carbons (Fsp3) is 0.385. The maximum Gasteiger partial charge on any atom is 0.217 e. The highest BCUT2D eigenvalue weighted by atomic mass is 16.5. The second kappa shape index (κ2) is 6.63. The number of carbonyl (C=O) groups is 2. The van der Waals surface area contributed by atoms with Crippen LogP contribution in [-0.2, 0) is 9.59 Å². The summed E-state index contributed by atoms with van der Waals surface area (Å²) in [5.74, 6) is -0.565. The second-order valence-electron chi connectivity index (χ2n) is 3.94. The molecular weight excluding hydrogens is 250 g/mol. The minimum Gasteiger partial charge on any atom is -0.550 e. The van der Waals surface area contributed by atoms with Crippen molar-refractivity contribution >= 4 is 11.9 Å². The maximum absolute atomic E-state index is 11.1. The van der Waals surface area contributed by atoms with Gasteiger partial charge in [-0.25, -0.2) is 0 Å². The molecule has 1 aromatic carbocycles. The van der Waals surface area contributed by atoms with Gasteiger partial charge in [-0.3, -0.25) is 4.79 Å². The van der Waals surface area contributed by atoms with Gasteiger partial charge in [-0.1, -0.05) is 6.07 Å². The van der Waals surface area contributed by atoms with Crippen LogP contribution in [-0.4, -0.2) is 26.1 Å². The number of carboxylic acid groups (broad SMARTS) is 1. The number of ether oxygens (including phenoxy) is 2. The molecule has 0 aromatic heterocycles. The molecule has 6 nitrogen and oxygen atoms in total. The zero-order chi connectivity index (χ0) is 14.4. The first-order valence-electron chi connectivity index (χ1n) is 5.66. The summed E-state index contributed by atoms with van der Waals surface area (Å²) in [6, 6.07) is 4.29. The number of rotatable bonds is 6. The minimum atomic E-state index is -1.24. The van der Waals surface area contributed by atoms with Gasteiger partial charge in [-0.2, -0.15) is 0 Å². The van der Waals surface area contributed by atoms with Crippen LogP contribution in [0.3, 0.4) is 0 Å². The van der Waals surface area contributed by atoms with Gasteiger partial charge in [-0.05, 0) is 17.7 Å². The minimum absolute atomic E-state index is 0.310. The van der Waals surface area contributed by atoms with E-state index in [-0.39, 0.29) is 12.3 Å². The lowest BCUT2D eigenvalue weighted by molar-refractivity contribution is -0.306. The zero-order valence-electron chi connectivity index (χ0n) is 11.1. The summed E-state index contributed by atoms with van der Waals surface area (Å²) in [5.41, 5.74) is 0.608. The van der Waals surface area contributed by atoms with E-state index in [1.54, 1.807) is 18.2 Å². The summed E-state index contributed by atoms with van der Waals surface area (Å²) in [6.07, 6.45) is -0.310. The number of methoxy groups -OCH3 is 2. The van der Waals surface area contributed by atoms with Crippen LogP contribution in [0.2, 0.25) is 0 Å². The van der Waals surface area contributed by atoms with Crippen molar-refractivity contribution in [2.45, 2.75) is 19.4 Å². The molecule has 0 unspecified atom stereocenters. The van der Waals surface area contributed by atoms with E-state index < -0.39 is 12.0 Å². The molecule has 1 amide bonds. The van der Waals surface area contributed by atoms with Crippen molar-refractivity contribution in [1.82, 2.24) is 5.32 Å². The van der Waals surface area contributed by atoms with Gasteiger partial charge < -0.3 is 24.7 Å². The molecule has 6 heteroatoms. The lowest BCUT2D eigenvalue weighted by Gasteiger charge is -2.20. The van der Waals surface area contributed by atoms with Crippen molar-refractivity contribution in [2.75, 3.05) is 14.2 Å². The van der Waals surface area contributed by atoms with Crippen molar-refractivity contribution in [3.05, 3.63) is 23.8 Å². The third-order valence-electron chi connectivity index (χ3n) is 2.56. The van der Waals surface area contributed by atoms with Crippen LogP contribution in [0.1, 0.15) is 24.9 Å². The smallest absolute Gasteiger partial charge is 0.217 e. The van der Waals surface area contributed by atoms with Gasteiger partial charge in [0, 0.05) is 19.3 Å². The van der Waals surface area contributed by atoms with Crippen molar-refractivity contribution in [1.29, 1.82) is 0 Å². The Bertz CT molecular complexity index is 456. The average Bonchev–Trinajstić information content (AvgIpc) is 2.36. The molecule has 0 aliphatic carbocycles. The molecule has 0 saturated heterocycles. The molecular formula is C13H16NO5-. The summed E-state index contributed by atoms with van der Waals surface area (Å²) < 4.78 is 10.2. The van der Waals surface area contributed by atoms with Crippen LogP contribution in [0.5, 0.6) is 11.5 Å². The van der Waals surface area contributed by atoms with E-state index in [1.165, 1.54) is 21.1 Å². The molecule has 1 rings (SSSR count). The van der Waals surface area contributed by atoms with E-state index >= 15 is 0 Å². The highest BCUT2D eigenvalue weighted by Crippen LogP contribution is 2.30. The van der Waals surface area contributed by atoms with Gasteiger partial charge in [0.15, 0.2) is 11.5 Å². The van der Waals surface area contributed by atoms with Crippen molar-refractivity contribution < 1.29 is 24.2 Å². The van der Waals surface area contributed by atoms with Crippen molar-refractivity contribution in [3.63, 3.8) is 0 Å². The van der Waals surface area contributed by atoms with E-state index in [1.807, 2.05) is 0 Å². The van der Waals surface area contributed by atoms with E-state index in [9.17, 15) is 14.7 Å². The molecule has 104 valence electrons. The molecule has 0 spiro atoms. The number of benzene rings is 1. The molecule has 19 heavy (non-hydrogen) atoms. The topological polar surface area (TPSA) is 87.7 Å². The molecule has 0 heterocycles. The first-order chi connectivity index (χ1) is 8.97. The van der Waals surface area contributed by atoms with Crippen molar-refractivity contribution in [2.24, 2.45) is 0 Å². The van der Waals surface area contributed by atoms with E-state index in [2.05, 4.69) is 5.32 Å². The number of hydrogen-bond donors (Lipinski definition) is 1. The van der Waals surface area contributed by atoms with Crippen LogP contribution < -0.4 is 19.9 Å². The third kappa shape index (κ3) is 4.17. The van der Waals surface area contributed by atoms with Gasteiger partial charge in [-0.15, -0.1) is 0 Å². The van der Waals surface area contributed by atoms with Crippen LogP contribution in [0.25, 0.3) is 0 Å².